The zero-order valence-electron chi connectivity index (χ0n) is 9.78. The highest BCUT2D eigenvalue weighted by Gasteiger charge is 2.21. The number of aromatic nitrogens is 3. The Kier molecular flexibility index (Phi) is 3.59. The highest BCUT2D eigenvalue weighted by molar-refractivity contribution is 6.18. The fraction of sp³-hybridized carbons (Fsp3) is 0.727. The second-order valence-corrected chi connectivity index (χ2v) is 4.70. The molecule has 1 saturated heterocycles. The second kappa shape index (κ2) is 4.95. The number of alkyl halides is 1. The van der Waals surface area contributed by atoms with Crippen molar-refractivity contribution in [2.45, 2.75) is 26.7 Å². The fourth-order valence-electron chi connectivity index (χ4n) is 1.95. The second-order valence-electron chi connectivity index (χ2n) is 4.39. The maximum absolute atomic E-state index is 5.91. The molecule has 1 fully saturated rings. The highest BCUT2D eigenvalue weighted by Crippen LogP contribution is 2.21. The molecule has 1 aliphatic heterocycles. The number of hydrogen-bond donors (Lipinski definition) is 0. The molecule has 2 heterocycles. The van der Waals surface area contributed by atoms with Gasteiger partial charge in [0.25, 0.3) is 0 Å². The summed E-state index contributed by atoms with van der Waals surface area (Å²) in [5, 5.41) is 8.27. The molecule has 88 valence electrons. The molecule has 4 nitrogen and oxygen atoms in total. The molecule has 0 radical (unpaired) electrons. The van der Waals surface area contributed by atoms with Crippen LogP contribution in [0.3, 0.4) is 0 Å². The van der Waals surface area contributed by atoms with Crippen molar-refractivity contribution in [1.29, 1.82) is 0 Å². The van der Waals surface area contributed by atoms with Crippen molar-refractivity contribution in [1.82, 2.24) is 15.2 Å². The Morgan fingerprint density at radius 2 is 2.12 bits per heavy atom. The molecule has 1 atom stereocenters. The predicted octanol–water partition coefficient (Wildman–Crippen LogP) is 1.94. The molecule has 1 aliphatic rings. The lowest BCUT2D eigenvalue weighted by Crippen LogP contribution is -2.37. The molecule has 1 aromatic rings. The molecule has 0 N–H and O–H groups in total. The van der Waals surface area contributed by atoms with E-state index in [9.17, 15) is 0 Å². The van der Waals surface area contributed by atoms with Crippen LogP contribution in [-0.2, 0) is 0 Å². The molecule has 1 aromatic heterocycles. The fourth-order valence-corrected chi connectivity index (χ4v) is 2.20. The van der Waals surface area contributed by atoms with Crippen molar-refractivity contribution in [3.05, 3.63) is 11.4 Å². The molecule has 0 aliphatic carbocycles. The summed E-state index contributed by atoms with van der Waals surface area (Å²) in [6, 6.07) is 0. The van der Waals surface area contributed by atoms with Crippen LogP contribution < -0.4 is 4.90 Å². The van der Waals surface area contributed by atoms with Gasteiger partial charge in [-0.1, -0.05) is 0 Å². The van der Waals surface area contributed by atoms with Crippen molar-refractivity contribution in [3.8, 4) is 0 Å². The number of piperidine rings is 1. The summed E-state index contributed by atoms with van der Waals surface area (Å²) in [4.78, 5) is 6.66. The first kappa shape index (κ1) is 11.6. The van der Waals surface area contributed by atoms with Gasteiger partial charge in [-0.05, 0) is 32.6 Å². The van der Waals surface area contributed by atoms with Gasteiger partial charge in [0.2, 0.25) is 5.95 Å². The summed E-state index contributed by atoms with van der Waals surface area (Å²) in [7, 11) is 0. The lowest BCUT2D eigenvalue weighted by atomic mass is 10.0. The van der Waals surface area contributed by atoms with Crippen LogP contribution in [0.5, 0.6) is 0 Å². The lowest BCUT2D eigenvalue weighted by Gasteiger charge is -2.31. The summed E-state index contributed by atoms with van der Waals surface area (Å²) >= 11 is 5.91. The van der Waals surface area contributed by atoms with Gasteiger partial charge in [0, 0.05) is 19.0 Å². The van der Waals surface area contributed by atoms with E-state index in [2.05, 4.69) is 20.1 Å². The number of aryl methyl sites for hydroxylation is 2. The van der Waals surface area contributed by atoms with Crippen molar-refractivity contribution in [2.75, 3.05) is 23.9 Å². The van der Waals surface area contributed by atoms with Gasteiger partial charge < -0.3 is 4.90 Å². The Bertz CT molecular complexity index is 369. The SMILES string of the molecule is Cc1nnc(N2CCCC(CCl)C2)nc1C. The lowest BCUT2D eigenvalue weighted by molar-refractivity contribution is 0.444. The molecule has 1 unspecified atom stereocenters. The van der Waals surface area contributed by atoms with Gasteiger partial charge in [0.15, 0.2) is 0 Å². The van der Waals surface area contributed by atoms with Crippen LogP contribution in [0.25, 0.3) is 0 Å². The van der Waals surface area contributed by atoms with Gasteiger partial charge in [-0.2, -0.15) is 5.10 Å². The molecule has 16 heavy (non-hydrogen) atoms. The van der Waals surface area contributed by atoms with Gasteiger partial charge in [0.05, 0.1) is 11.4 Å². The van der Waals surface area contributed by atoms with E-state index in [0.717, 1.165) is 42.7 Å². The third kappa shape index (κ3) is 2.43. The smallest absolute Gasteiger partial charge is 0.245 e. The van der Waals surface area contributed by atoms with E-state index in [1.54, 1.807) is 0 Å². The molecule has 0 bridgehead atoms. The molecule has 0 spiro atoms. The van der Waals surface area contributed by atoms with Crippen molar-refractivity contribution in [2.24, 2.45) is 5.92 Å². The van der Waals surface area contributed by atoms with Crippen LogP contribution in [-0.4, -0.2) is 34.2 Å². The Morgan fingerprint density at radius 1 is 1.31 bits per heavy atom. The van der Waals surface area contributed by atoms with Gasteiger partial charge in [0.1, 0.15) is 0 Å². The molecular weight excluding hydrogens is 224 g/mol. The Labute approximate surface area is 101 Å². The van der Waals surface area contributed by atoms with Crippen molar-refractivity contribution >= 4 is 17.5 Å². The van der Waals surface area contributed by atoms with E-state index in [0.29, 0.717) is 5.92 Å². The first-order valence-corrected chi connectivity index (χ1v) is 6.23. The van der Waals surface area contributed by atoms with Crippen LogP contribution in [0.1, 0.15) is 24.2 Å². The minimum absolute atomic E-state index is 0.556. The van der Waals surface area contributed by atoms with Crippen LogP contribution in [0.15, 0.2) is 0 Å². The first-order chi connectivity index (χ1) is 7.70. The topological polar surface area (TPSA) is 41.9 Å². The minimum atomic E-state index is 0.556. The average Bonchev–Trinajstić information content (AvgIpc) is 2.33. The van der Waals surface area contributed by atoms with Crippen molar-refractivity contribution in [3.63, 3.8) is 0 Å². The third-order valence-electron chi connectivity index (χ3n) is 3.10. The van der Waals surface area contributed by atoms with Gasteiger partial charge in [-0.25, -0.2) is 4.98 Å². The van der Waals surface area contributed by atoms with Crippen LogP contribution in [0.2, 0.25) is 0 Å². The normalized spacial score (nSPS) is 21.2. The Balaban J connectivity index is 2.13. The number of rotatable bonds is 2. The average molecular weight is 241 g/mol. The minimum Gasteiger partial charge on any atom is -0.339 e. The van der Waals surface area contributed by atoms with E-state index in [1.165, 1.54) is 6.42 Å². The molecule has 0 aromatic carbocycles. The third-order valence-corrected chi connectivity index (χ3v) is 3.54. The summed E-state index contributed by atoms with van der Waals surface area (Å²) in [6.45, 7) is 5.86. The first-order valence-electron chi connectivity index (χ1n) is 5.69. The van der Waals surface area contributed by atoms with E-state index in [-0.39, 0.29) is 0 Å². The van der Waals surface area contributed by atoms with Crippen LogP contribution in [0.4, 0.5) is 5.95 Å². The Hall–Kier alpha value is -0.900. The molecule has 0 saturated carbocycles. The zero-order chi connectivity index (χ0) is 11.5. The maximum atomic E-state index is 5.91. The molecule has 0 amide bonds. The number of anilines is 1. The summed E-state index contributed by atoms with van der Waals surface area (Å²) < 4.78 is 0. The zero-order valence-corrected chi connectivity index (χ0v) is 10.5. The maximum Gasteiger partial charge on any atom is 0.245 e. The largest absolute Gasteiger partial charge is 0.339 e. The molecular formula is C11H17ClN4. The quantitative estimate of drug-likeness (QED) is 0.741. The van der Waals surface area contributed by atoms with Crippen molar-refractivity contribution < 1.29 is 0 Å². The Morgan fingerprint density at radius 3 is 2.81 bits per heavy atom. The van der Waals surface area contributed by atoms with E-state index in [4.69, 9.17) is 11.6 Å². The van der Waals surface area contributed by atoms with E-state index >= 15 is 0 Å². The van der Waals surface area contributed by atoms with Crippen LogP contribution in [0, 0.1) is 19.8 Å². The molecule has 5 heteroatoms. The predicted molar refractivity (Wildman–Crippen MR) is 65.0 cm³/mol. The van der Waals surface area contributed by atoms with Gasteiger partial charge in [-0.3, -0.25) is 0 Å². The van der Waals surface area contributed by atoms with Crippen LogP contribution >= 0.6 is 11.6 Å². The summed E-state index contributed by atoms with van der Waals surface area (Å²) in [5.41, 5.74) is 1.85. The van der Waals surface area contributed by atoms with E-state index < -0.39 is 0 Å². The number of nitrogens with zero attached hydrogens (tertiary/aromatic N) is 4. The number of hydrogen-bond acceptors (Lipinski definition) is 4. The summed E-state index contributed by atoms with van der Waals surface area (Å²) in [5.74, 6) is 2.02. The molecule has 2 rings (SSSR count). The highest BCUT2D eigenvalue weighted by atomic mass is 35.5. The monoisotopic (exact) mass is 240 g/mol. The summed E-state index contributed by atoms with van der Waals surface area (Å²) in [6.07, 6.45) is 2.37. The number of halogens is 1. The van der Waals surface area contributed by atoms with E-state index in [1.807, 2.05) is 13.8 Å². The standard InChI is InChI=1S/C11H17ClN4/c1-8-9(2)14-15-11(13-8)16-5-3-4-10(6-12)7-16/h10H,3-7H2,1-2H3. The van der Waals surface area contributed by atoms with Gasteiger partial charge >= 0.3 is 0 Å². The van der Waals surface area contributed by atoms with Gasteiger partial charge in [-0.15, -0.1) is 16.7 Å².